The smallest absolute Gasteiger partial charge is 0.162 e. The van der Waals surface area contributed by atoms with Gasteiger partial charge in [0, 0.05) is 25.4 Å². The molecule has 0 fully saturated rings. The summed E-state index contributed by atoms with van der Waals surface area (Å²) in [7, 11) is 3.60. The highest BCUT2D eigenvalue weighted by Crippen LogP contribution is 2.29. The maximum absolute atomic E-state index is 5.43. The summed E-state index contributed by atoms with van der Waals surface area (Å²) in [5.74, 6) is 1.72. The Balaban J connectivity index is 2.50. The van der Waals surface area contributed by atoms with Crippen molar-refractivity contribution in [2.75, 3.05) is 19.5 Å². The topological polar surface area (TPSA) is 47.0 Å². The van der Waals surface area contributed by atoms with Crippen LogP contribution in [-0.2, 0) is 23.2 Å². The molecule has 0 bridgehead atoms. The Morgan fingerprint density at radius 3 is 2.62 bits per heavy atom. The van der Waals surface area contributed by atoms with E-state index in [4.69, 9.17) is 4.74 Å². The molecule has 4 nitrogen and oxygen atoms in total. The number of hydrogen-bond donors (Lipinski definition) is 1. The molecule has 4 heteroatoms. The molecular formula is C12H19N3O. The molecule has 0 saturated heterocycles. The molecule has 0 amide bonds. The van der Waals surface area contributed by atoms with Crippen LogP contribution >= 0.6 is 0 Å². The summed E-state index contributed by atoms with van der Waals surface area (Å²) >= 11 is 0. The Bertz CT molecular complexity index is 401. The van der Waals surface area contributed by atoms with Gasteiger partial charge in [-0.3, -0.25) is 0 Å². The fourth-order valence-corrected chi connectivity index (χ4v) is 2.00. The summed E-state index contributed by atoms with van der Waals surface area (Å²) in [6.45, 7) is 3.98. The second-order valence-corrected chi connectivity index (χ2v) is 4.64. The second-order valence-electron chi connectivity index (χ2n) is 4.64. The minimum atomic E-state index is -0.427. The van der Waals surface area contributed by atoms with Crippen molar-refractivity contribution in [3.8, 4) is 0 Å². The first-order valence-electron chi connectivity index (χ1n) is 5.71. The molecular weight excluding hydrogens is 202 g/mol. The summed E-state index contributed by atoms with van der Waals surface area (Å²) in [5.41, 5.74) is 2.03. The molecule has 1 N–H and O–H groups in total. The van der Waals surface area contributed by atoms with E-state index in [0.29, 0.717) is 0 Å². The number of nitrogens with one attached hydrogen (secondary N) is 1. The van der Waals surface area contributed by atoms with E-state index >= 15 is 0 Å². The third-order valence-electron chi connectivity index (χ3n) is 3.22. The Labute approximate surface area is 96.4 Å². The SMILES string of the molecule is CNc1nc(C(C)(C)OC)nc2c1CCC2. The van der Waals surface area contributed by atoms with Crippen molar-refractivity contribution in [3.63, 3.8) is 0 Å². The van der Waals surface area contributed by atoms with Crippen molar-refractivity contribution >= 4 is 5.82 Å². The normalized spacial score (nSPS) is 15.0. The van der Waals surface area contributed by atoms with Crippen molar-refractivity contribution in [1.29, 1.82) is 0 Å². The van der Waals surface area contributed by atoms with Crippen molar-refractivity contribution in [2.24, 2.45) is 0 Å². The Hall–Kier alpha value is -1.16. The lowest BCUT2D eigenvalue weighted by molar-refractivity contribution is 0.0114. The van der Waals surface area contributed by atoms with Gasteiger partial charge in [-0.1, -0.05) is 0 Å². The molecule has 16 heavy (non-hydrogen) atoms. The molecule has 0 aliphatic heterocycles. The lowest BCUT2D eigenvalue weighted by atomic mass is 10.1. The van der Waals surface area contributed by atoms with Crippen molar-refractivity contribution in [1.82, 2.24) is 9.97 Å². The molecule has 0 radical (unpaired) electrons. The molecule has 0 atom stereocenters. The first-order valence-corrected chi connectivity index (χ1v) is 5.71. The summed E-state index contributed by atoms with van der Waals surface area (Å²) in [6, 6.07) is 0. The zero-order valence-electron chi connectivity index (χ0n) is 10.4. The first-order chi connectivity index (χ1) is 7.58. The van der Waals surface area contributed by atoms with E-state index in [9.17, 15) is 0 Å². The van der Waals surface area contributed by atoms with Gasteiger partial charge < -0.3 is 10.1 Å². The van der Waals surface area contributed by atoms with Gasteiger partial charge in [-0.05, 0) is 33.1 Å². The highest BCUT2D eigenvalue weighted by atomic mass is 16.5. The third kappa shape index (κ3) is 1.78. The number of aromatic nitrogens is 2. The van der Waals surface area contributed by atoms with Gasteiger partial charge in [-0.15, -0.1) is 0 Å². The van der Waals surface area contributed by atoms with Crippen LogP contribution in [-0.4, -0.2) is 24.1 Å². The highest BCUT2D eigenvalue weighted by molar-refractivity contribution is 5.48. The van der Waals surface area contributed by atoms with Crippen LogP contribution in [0.5, 0.6) is 0 Å². The standard InChI is InChI=1S/C12H19N3O/c1-12(2,16-4)11-14-9-7-5-6-8(9)10(13-3)15-11/h5-7H2,1-4H3,(H,13,14,15). The van der Waals surface area contributed by atoms with E-state index in [0.717, 1.165) is 24.5 Å². The quantitative estimate of drug-likeness (QED) is 0.846. The van der Waals surface area contributed by atoms with E-state index in [2.05, 4.69) is 15.3 Å². The lowest BCUT2D eigenvalue weighted by Crippen LogP contribution is -2.24. The third-order valence-corrected chi connectivity index (χ3v) is 3.22. The van der Waals surface area contributed by atoms with Crippen LogP contribution in [0.4, 0.5) is 5.82 Å². The van der Waals surface area contributed by atoms with Gasteiger partial charge in [0.15, 0.2) is 5.82 Å². The molecule has 1 aliphatic carbocycles. The van der Waals surface area contributed by atoms with E-state index in [1.54, 1.807) is 7.11 Å². The van der Waals surface area contributed by atoms with Crippen molar-refractivity contribution in [2.45, 2.75) is 38.7 Å². The molecule has 1 aliphatic rings. The second kappa shape index (κ2) is 4.01. The minimum absolute atomic E-state index is 0.427. The van der Waals surface area contributed by atoms with E-state index in [-0.39, 0.29) is 0 Å². The monoisotopic (exact) mass is 221 g/mol. The molecule has 2 rings (SSSR count). The summed E-state index contributed by atoms with van der Waals surface area (Å²) in [6.07, 6.45) is 3.31. The number of anilines is 1. The molecule has 88 valence electrons. The number of aryl methyl sites for hydroxylation is 1. The van der Waals surface area contributed by atoms with Gasteiger partial charge in [0.1, 0.15) is 11.4 Å². The van der Waals surface area contributed by atoms with Gasteiger partial charge in [-0.25, -0.2) is 9.97 Å². The fourth-order valence-electron chi connectivity index (χ4n) is 2.00. The average Bonchev–Trinajstić information content (AvgIpc) is 2.75. The van der Waals surface area contributed by atoms with Crippen molar-refractivity contribution < 1.29 is 4.74 Å². The van der Waals surface area contributed by atoms with Crippen LogP contribution in [0.2, 0.25) is 0 Å². The van der Waals surface area contributed by atoms with Gasteiger partial charge in [-0.2, -0.15) is 0 Å². The van der Waals surface area contributed by atoms with E-state index < -0.39 is 5.60 Å². The average molecular weight is 221 g/mol. The molecule has 0 unspecified atom stereocenters. The van der Waals surface area contributed by atoms with Crippen LogP contribution < -0.4 is 5.32 Å². The molecule has 0 aromatic carbocycles. The maximum atomic E-state index is 5.43. The molecule has 0 saturated carbocycles. The maximum Gasteiger partial charge on any atom is 0.162 e. The summed E-state index contributed by atoms with van der Waals surface area (Å²) < 4.78 is 5.43. The fraction of sp³-hybridized carbons (Fsp3) is 0.667. The Kier molecular flexibility index (Phi) is 2.84. The van der Waals surface area contributed by atoms with E-state index in [1.807, 2.05) is 20.9 Å². The molecule has 0 spiro atoms. The minimum Gasteiger partial charge on any atom is -0.373 e. The zero-order chi connectivity index (χ0) is 11.8. The summed E-state index contributed by atoms with van der Waals surface area (Å²) in [5, 5.41) is 3.16. The van der Waals surface area contributed by atoms with E-state index in [1.165, 1.54) is 17.7 Å². The summed E-state index contributed by atoms with van der Waals surface area (Å²) in [4.78, 5) is 9.19. The molecule has 1 aromatic heterocycles. The largest absolute Gasteiger partial charge is 0.373 e. The van der Waals surface area contributed by atoms with Crippen LogP contribution in [0, 0.1) is 0 Å². The van der Waals surface area contributed by atoms with Gasteiger partial charge in [0.05, 0.1) is 0 Å². The van der Waals surface area contributed by atoms with Crippen molar-refractivity contribution in [3.05, 3.63) is 17.1 Å². The Morgan fingerprint density at radius 2 is 2.00 bits per heavy atom. The molecule has 1 aromatic rings. The number of hydrogen-bond acceptors (Lipinski definition) is 4. The predicted octanol–water partition coefficient (Wildman–Crippen LogP) is 1.89. The van der Waals surface area contributed by atoms with Gasteiger partial charge >= 0.3 is 0 Å². The van der Waals surface area contributed by atoms with Crippen LogP contribution in [0.1, 0.15) is 37.4 Å². The van der Waals surface area contributed by atoms with Crippen LogP contribution in [0.3, 0.4) is 0 Å². The number of ether oxygens (including phenoxy) is 1. The van der Waals surface area contributed by atoms with Gasteiger partial charge in [0.2, 0.25) is 0 Å². The molecule has 1 heterocycles. The zero-order valence-corrected chi connectivity index (χ0v) is 10.4. The number of rotatable bonds is 3. The lowest BCUT2D eigenvalue weighted by Gasteiger charge is -2.22. The van der Waals surface area contributed by atoms with Crippen LogP contribution in [0.25, 0.3) is 0 Å². The number of nitrogens with zero attached hydrogens (tertiary/aromatic N) is 2. The highest BCUT2D eigenvalue weighted by Gasteiger charge is 2.27. The van der Waals surface area contributed by atoms with Gasteiger partial charge in [0.25, 0.3) is 0 Å². The number of methoxy groups -OCH3 is 1. The first kappa shape index (κ1) is 11.3. The number of fused-ring (bicyclic) bond motifs is 1. The van der Waals surface area contributed by atoms with Crippen LogP contribution in [0.15, 0.2) is 0 Å². The Morgan fingerprint density at radius 1 is 1.25 bits per heavy atom. The predicted molar refractivity (Wildman–Crippen MR) is 63.6 cm³/mol.